The second-order valence-corrected chi connectivity index (χ2v) is 9.87. The molecule has 1 aromatic heterocycles. The molecule has 0 aliphatic carbocycles. The van der Waals surface area contributed by atoms with E-state index in [0.29, 0.717) is 0 Å². The third kappa shape index (κ3) is 4.81. The molecule has 17 heavy (non-hydrogen) atoms. The van der Waals surface area contributed by atoms with Gasteiger partial charge in [0.2, 0.25) is 0 Å². The molecule has 3 rings (SSSR count). The van der Waals surface area contributed by atoms with Crippen LogP contribution < -0.4 is 0 Å². The summed E-state index contributed by atoms with van der Waals surface area (Å²) in [6.07, 6.45) is 0. The molecule has 2 fully saturated rings. The molecule has 2 aliphatic rings. The van der Waals surface area contributed by atoms with E-state index >= 15 is 0 Å². The molecule has 0 bridgehead atoms. The van der Waals surface area contributed by atoms with Gasteiger partial charge in [-0.3, -0.25) is 0 Å². The fraction of sp³-hybridized carbons (Fsp3) is 0.667. The predicted molar refractivity (Wildman–Crippen MR) is 75.2 cm³/mol. The average Bonchev–Trinajstić information content (AvgIpc) is 3.22. The Bertz CT molecular complexity index is 329. The van der Waals surface area contributed by atoms with E-state index in [-0.39, 0.29) is 20.4 Å². The molecule has 0 spiro atoms. The summed E-state index contributed by atoms with van der Waals surface area (Å²) in [5.74, 6) is 2.59. The van der Waals surface area contributed by atoms with E-state index in [1.807, 2.05) is 23.5 Å². The minimum atomic E-state index is -0.0866. The number of hydrogen-bond acceptors (Lipinski definition) is 4. The summed E-state index contributed by atoms with van der Waals surface area (Å²) in [5.41, 5.74) is 1.39. The molecule has 5 heteroatoms. The van der Waals surface area contributed by atoms with Gasteiger partial charge < -0.3 is 0 Å². The Labute approximate surface area is 120 Å². The third-order valence-corrected chi connectivity index (χ3v) is 7.25. The molecule has 2 saturated heterocycles. The van der Waals surface area contributed by atoms with Crippen LogP contribution in [0, 0.1) is 0 Å². The first-order valence-corrected chi connectivity index (χ1v) is 10.5. The van der Waals surface area contributed by atoms with Crippen molar-refractivity contribution in [2.45, 2.75) is 23.7 Å². The van der Waals surface area contributed by atoms with Gasteiger partial charge in [-0.2, -0.15) is 0 Å². The van der Waals surface area contributed by atoms with Crippen LogP contribution in [0.5, 0.6) is 0 Å². The summed E-state index contributed by atoms with van der Waals surface area (Å²) in [5, 5.41) is 1.58. The molecule has 0 N–H and O–H groups in total. The SMILES string of the molecule is c1[te]c(COCC2CS2)cc1COCC1CS1. The predicted octanol–water partition coefficient (Wildman–Crippen LogP) is 2.01. The Morgan fingerprint density at radius 2 is 1.76 bits per heavy atom. The van der Waals surface area contributed by atoms with Crippen molar-refractivity contribution in [1.82, 2.24) is 0 Å². The van der Waals surface area contributed by atoms with E-state index in [4.69, 9.17) is 9.47 Å². The molecular weight excluding hydrogens is 368 g/mol. The topological polar surface area (TPSA) is 18.5 Å². The second-order valence-electron chi connectivity index (χ2n) is 4.36. The van der Waals surface area contributed by atoms with E-state index in [1.165, 1.54) is 20.6 Å². The summed E-state index contributed by atoms with van der Waals surface area (Å²) in [7, 11) is 0. The van der Waals surface area contributed by atoms with E-state index < -0.39 is 0 Å². The second kappa shape index (κ2) is 6.36. The first kappa shape index (κ1) is 12.9. The molecule has 0 aromatic carbocycles. The van der Waals surface area contributed by atoms with Crippen LogP contribution in [-0.2, 0) is 22.7 Å². The molecule has 0 saturated carbocycles. The number of hydrogen-bond donors (Lipinski definition) is 0. The summed E-state index contributed by atoms with van der Waals surface area (Å²) >= 11 is 3.91. The van der Waals surface area contributed by atoms with E-state index in [0.717, 1.165) is 36.9 Å². The van der Waals surface area contributed by atoms with Crippen molar-refractivity contribution in [2.75, 3.05) is 24.7 Å². The van der Waals surface area contributed by atoms with Gasteiger partial charge in [-0.1, -0.05) is 0 Å². The fourth-order valence-corrected chi connectivity index (χ4v) is 4.67. The van der Waals surface area contributed by atoms with Gasteiger partial charge in [0.1, 0.15) is 0 Å². The van der Waals surface area contributed by atoms with Crippen molar-refractivity contribution in [3.63, 3.8) is 0 Å². The first-order valence-electron chi connectivity index (χ1n) is 5.85. The van der Waals surface area contributed by atoms with Crippen LogP contribution in [0.3, 0.4) is 0 Å². The Kier molecular flexibility index (Phi) is 4.83. The Hall–Kier alpha value is 0.890. The molecule has 1 aromatic rings. The van der Waals surface area contributed by atoms with Gasteiger partial charge in [-0.15, -0.1) is 0 Å². The summed E-state index contributed by atoms with van der Waals surface area (Å²) in [6.45, 7) is 3.54. The van der Waals surface area contributed by atoms with Crippen LogP contribution in [-0.4, -0.2) is 55.7 Å². The quantitative estimate of drug-likeness (QED) is 0.504. The Morgan fingerprint density at radius 3 is 2.41 bits per heavy atom. The van der Waals surface area contributed by atoms with Crippen molar-refractivity contribution in [3.05, 3.63) is 19.3 Å². The zero-order valence-electron chi connectivity index (χ0n) is 9.59. The van der Waals surface area contributed by atoms with E-state index in [2.05, 4.69) is 10.1 Å². The van der Waals surface area contributed by atoms with Gasteiger partial charge >= 0.3 is 121 Å². The molecule has 3 heterocycles. The molecule has 0 amide bonds. The van der Waals surface area contributed by atoms with Crippen LogP contribution in [0.25, 0.3) is 0 Å². The molecular formula is C12H16O2S2Te. The van der Waals surface area contributed by atoms with Gasteiger partial charge in [-0.25, -0.2) is 0 Å². The summed E-state index contributed by atoms with van der Waals surface area (Å²) in [6, 6.07) is 2.31. The zero-order chi connectivity index (χ0) is 11.5. The number of rotatable bonds is 8. The Balaban J connectivity index is 1.34. The van der Waals surface area contributed by atoms with Crippen LogP contribution in [0.15, 0.2) is 10.1 Å². The van der Waals surface area contributed by atoms with Crippen molar-refractivity contribution in [1.29, 1.82) is 0 Å². The van der Waals surface area contributed by atoms with Crippen molar-refractivity contribution in [2.24, 2.45) is 0 Å². The van der Waals surface area contributed by atoms with Crippen LogP contribution in [0.2, 0.25) is 0 Å². The standard InChI is InChI=1S/C12H16O2S2Te/c1-9(2-13-3-10-6-15-10)8-17-12(1)5-14-4-11-7-16-11/h1,8,10-11H,2-7H2. The zero-order valence-corrected chi connectivity index (χ0v) is 13.6. The van der Waals surface area contributed by atoms with Crippen LogP contribution in [0.1, 0.15) is 9.14 Å². The van der Waals surface area contributed by atoms with Gasteiger partial charge in [0.05, 0.1) is 0 Å². The van der Waals surface area contributed by atoms with Gasteiger partial charge in [0.25, 0.3) is 0 Å². The van der Waals surface area contributed by atoms with E-state index in [1.54, 1.807) is 0 Å². The molecule has 0 radical (unpaired) electrons. The summed E-state index contributed by atoms with van der Waals surface area (Å²) < 4.78 is 15.3. The van der Waals surface area contributed by atoms with Gasteiger partial charge in [0.15, 0.2) is 0 Å². The molecule has 2 aliphatic heterocycles. The molecule has 2 atom stereocenters. The van der Waals surface area contributed by atoms with Crippen LogP contribution in [0.4, 0.5) is 0 Å². The summed E-state index contributed by atoms with van der Waals surface area (Å²) in [4.78, 5) is 0. The maximum absolute atomic E-state index is 5.71. The van der Waals surface area contributed by atoms with Crippen molar-refractivity contribution < 1.29 is 9.47 Å². The van der Waals surface area contributed by atoms with Crippen molar-refractivity contribution in [3.8, 4) is 0 Å². The monoisotopic (exact) mass is 386 g/mol. The Morgan fingerprint density at radius 1 is 1.12 bits per heavy atom. The molecule has 2 unspecified atom stereocenters. The number of thioether (sulfide) groups is 2. The fourth-order valence-electron chi connectivity index (χ4n) is 1.51. The third-order valence-electron chi connectivity index (χ3n) is 2.63. The van der Waals surface area contributed by atoms with Gasteiger partial charge in [0, 0.05) is 0 Å². The maximum atomic E-state index is 5.71. The molecule has 94 valence electrons. The minimum absolute atomic E-state index is 0.0866. The first-order chi connectivity index (χ1) is 8.40. The average molecular weight is 384 g/mol. The molecule has 2 nitrogen and oxygen atoms in total. The van der Waals surface area contributed by atoms with Crippen molar-refractivity contribution >= 4 is 44.0 Å². The van der Waals surface area contributed by atoms with Gasteiger partial charge in [-0.05, 0) is 0 Å². The van der Waals surface area contributed by atoms with E-state index in [9.17, 15) is 0 Å². The number of ether oxygens (including phenoxy) is 2. The van der Waals surface area contributed by atoms with Crippen LogP contribution >= 0.6 is 23.5 Å². The normalized spacial score (nSPS) is 26.1.